The second-order valence-electron chi connectivity index (χ2n) is 4.71. The zero-order valence-corrected chi connectivity index (χ0v) is 12.5. The van der Waals surface area contributed by atoms with E-state index in [1.807, 2.05) is 6.92 Å². The van der Waals surface area contributed by atoms with E-state index in [9.17, 15) is 13.2 Å². The molecule has 110 valence electrons. The van der Waals surface area contributed by atoms with Crippen LogP contribution in [0.1, 0.15) is 6.92 Å². The third kappa shape index (κ3) is 2.94. The number of hydrogen-bond donors (Lipinski definition) is 1. The number of nitrogens with zero attached hydrogens (tertiary/aromatic N) is 2. The molecule has 0 saturated carbocycles. The highest BCUT2D eigenvalue weighted by atomic mass is 32.2. The highest BCUT2D eigenvalue weighted by molar-refractivity contribution is 7.89. The molecule has 0 bridgehead atoms. The van der Waals surface area contributed by atoms with Crippen LogP contribution in [0.25, 0.3) is 0 Å². The number of piperazine rings is 1. The molecule has 6 nitrogen and oxygen atoms in total. The van der Waals surface area contributed by atoms with Gasteiger partial charge in [0.1, 0.15) is 0 Å². The molecule has 0 atom stereocenters. The van der Waals surface area contributed by atoms with Gasteiger partial charge in [-0.3, -0.25) is 4.79 Å². The molecule has 1 heterocycles. The smallest absolute Gasteiger partial charge is 0.243 e. The van der Waals surface area contributed by atoms with Gasteiger partial charge >= 0.3 is 0 Å². The molecule has 2 rings (SSSR count). The van der Waals surface area contributed by atoms with Crippen molar-refractivity contribution in [3.8, 4) is 0 Å². The molecule has 1 saturated heterocycles. The monoisotopic (exact) mass is 297 g/mol. The van der Waals surface area contributed by atoms with Gasteiger partial charge in [0.05, 0.1) is 11.4 Å². The maximum atomic E-state index is 12.4. The third-order valence-corrected chi connectivity index (χ3v) is 5.15. The van der Waals surface area contributed by atoms with Crippen molar-refractivity contribution in [2.75, 3.05) is 38.5 Å². The lowest BCUT2D eigenvalue weighted by atomic mass is 10.3. The van der Waals surface area contributed by atoms with Crippen molar-refractivity contribution in [3.63, 3.8) is 0 Å². The number of anilines is 1. The average Bonchev–Trinajstić information content (AvgIpc) is 2.43. The number of sulfonamides is 1. The fourth-order valence-corrected chi connectivity index (χ4v) is 3.42. The zero-order valence-electron chi connectivity index (χ0n) is 11.7. The molecular formula is C13H19N3O3S. The first-order valence-corrected chi connectivity index (χ1v) is 7.97. The molecule has 0 spiro atoms. The minimum atomic E-state index is -3.59. The van der Waals surface area contributed by atoms with E-state index in [1.54, 1.807) is 36.2 Å². The van der Waals surface area contributed by atoms with Crippen LogP contribution in [0.4, 0.5) is 5.69 Å². The van der Waals surface area contributed by atoms with Gasteiger partial charge in [0.15, 0.2) is 0 Å². The molecule has 0 radical (unpaired) electrons. The van der Waals surface area contributed by atoms with Crippen molar-refractivity contribution in [1.29, 1.82) is 0 Å². The summed E-state index contributed by atoms with van der Waals surface area (Å²) in [6.07, 6.45) is 0. The Hall–Kier alpha value is -1.60. The van der Waals surface area contributed by atoms with Crippen molar-refractivity contribution >= 4 is 21.6 Å². The van der Waals surface area contributed by atoms with Crippen LogP contribution in [-0.4, -0.2) is 56.8 Å². The first-order valence-electron chi connectivity index (χ1n) is 6.53. The second kappa shape index (κ2) is 5.80. The number of rotatable bonds is 4. The van der Waals surface area contributed by atoms with Gasteiger partial charge in [0, 0.05) is 32.4 Å². The molecule has 0 aromatic heterocycles. The molecule has 20 heavy (non-hydrogen) atoms. The van der Waals surface area contributed by atoms with Gasteiger partial charge in [-0.05, 0) is 31.2 Å². The van der Waals surface area contributed by atoms with Gasteiger partial charge < -0.3 is 10.2 Å². The largest absolute Gasteiger partial charge is 0.385 e. The first kappa shape index (κ1) is 14.8. The molecule has 1 aliphatic heterocycles. The number of carbonyl (C=O) groups is 1. The molecule has 1 amide bonds. The van der Waals surface area contributed by atoms with E-state index in [2.05, 4.69) is 5.32 Å². The maximum Gasteiger partial charge on any atom is 0.243 e. The number of amides is 1. The molecule has 1 aromatic carbocycles. The fourth-order valence-electron chi connectivity index (χ4n) is 2.04. The van der Waals surface area contributed by atoms with E-state index in [0.717, 1.165) is 12.2 Å². The number of hydrogen-bond acceptors (Lipinski definition) is 4. The summed E-state index contributed by atoms with van der Waals surface area (Å²) in [5.41, 5.74) is 0.876. The van der Waals surface area contributed by atoms with Gasteiger partial charge in [-0.2, -0.15) is 4.31 Å². The Morgan fingerprint density at radius 3 is 2.40 bits per heavy atom. The molecular weight excluding hydrogens is 278 g/mol. The van der Waals surface area contributed by atoms with E-state index >= 15 is 0 Å². The van der Waals surface area contributed by atoms with Crippen LogP contribution in [0, 0.1) is 0 Å². The Morgan fingerprint density at radius 1 is 1.20 bits per heavy atom. The van der Waals surface area contributed by atoms with Crippen LogP contribution in [-0.2, 0) is 14.8 Å². The van der Waals surface area contributed by atoms with Gasteiger partial charge in [0.25, 0.3) is 0 Å². The molecule has 1 aliphatic rings. The molecule has 7 heteroatoms. The Kier molecular flexibility index (Phi) is 4.29. The molecule has 1 N–H and O–H groups in total. The molecule has 0 aliphatic carbocycles. The van der Waals surface area contributed by atoms with Crippen LogP contribution in [0.2, 0.25) is 0 Å². The summed E-state index contributed by atoms with van der Waals surface area (Å²) in [5, 5.41) is 3.11. The minimum absolute atomic E-state index is 0.0895. The lowest BCUT2D eigenvalue weighted by Gasteiger charge is -2.31. The van der Waals surface area contributed by atoms with Gasteiger partial charge in [-0.15, -0.1) is 0 Å². The zero-order chi connectivity index (χ0) is 14.8. The maximum absolute atomic E-state index is 12.4. The Morgan fingerprint density at radius 2 is 1.85 bits per heavy atom. The quantitative estimate of drug-likeness (QED) is 0.882. The van der Waals surface area contributed by atoms with E-state index < -0.39 is 10.0 Å². The standard InChI is InChI=1S/C13H19N3O3S/c1-3-14-11-4-6-12(7-5-11)20(18,19)16-9-8-15(2)13(17)10-16/h4-7,14H,3,8-10H2,1-2H3. The van der Waals surface area contributed by atoms with Crippen LogP contribution >= 0.6 is 0 Å². The second-order valence-corrected chi connectivity index (χ2v) is 6.65. The Bertz CT molecular complexity index is 583. The summed E-state index contributed by atoms with van der Waals surface area (Å²) in [4.78, 5) is 13.4. The van der Waals surface area contributed by atoms with Crippen molar-refractivity contribution in [1.82, 2.24) is 9.21 Å². The molecule has 1 aromatic rings. The van der Waals surface area contributed by atoms with Crippen LogP contribution in [0.5, 0.6) is 0 Å². The minimum Gasteiger partial charge on any atom is -0.385 e. The van der Waals surface area contributed by atoms with E-state index in [1.165, 1.54) is 4.31 Å². The van der Waals surface area contributed by atoms with Gasteiger partial charge in [-0.1, -0.05) is 0 Å². The summed E-state index contributed by atoms with van der Waals surface area (Å²) >= 11 is 0. The summed E-state index contributed by atoms with van der Waals surface area (Å²) in [6.45, 7) is 3.42. The van der Waals surface area contributed by atoms with Crippen molar-refractivity contribution in [2.45, 2.75) is 11.8 Å². The van der Waals surface area contributed by atoms with Crippen LogP contribution in [0.3, 0.4) is 0 Å². The van der Waals surface area contributed by atoms with E-state index in [0.29, 0.717) is 13.1 Å². The van der Waals surface area contributed by atoms with E-state index in [4.69, 9.17) is 0 Å². The molecule has 1 fully saturated rings. The number of carbonyl (C=O) groups excluding carboxylic acids is 1. The average molecular weight is 297 g/mol. The number of likely N-dealkylation sites (N-methyl/N-ethyl adjacent to an activating group) is 1. The Balaban J connectivity index is 2.19. The van der Waals surface area contributed by atoms with Crippen molar-refractivity contribution in [2.24, 2.45) is 0 Å². The summed E-state index contributed by atoms with van der Waals surface area (Å²) in [5.74, 6) is -0.177. The normalized spacial score (nSPS) is 17.3. The van der Waals surface area contributed by atoms with Gasteiger partial charge in [-0.25, -0.2) is 8.42 Å². The summed E-state index contributed by atoms with van der Waals surface area (Å²) < 4.78 is 26.1. The Labute approximate surface area is 119 Å². The van der Waals surface area contributed by atoms with Crippen molar-refractivity contribution in [3.05, 3.63) is 24.3 Å². The predicted molar refractivity (Wildman–Crippen MR) is 77.0 cm³/mol. The molecule has 0 unspecified atom stereocenters. The van der Waals surface area contributed by atoms with Crippen molar-refractivity contribution < 1.29 is 13.2 Å². The lowest BCUT2D eigenvalue weighted by Crippen LogP contribution is -2.50. The number of benzene rings is 1. The lowest BCUT2D eigenvalue weighted by molar-refractivity contribution is -0.132. The SMILES string of the molecule is CCNc1ccc(S(=O)(=O)N2CCN(C)C(=O)C2)cc1. The highest BCUT2D eigenvalue weighted by Crippen LogP contribution is 2.19. The van der Waals surface area contributed by atoms with E-state index in [-0.39, 0.29) is 17.3 Å². The third-order valence-electron chi connectivity index (χ3n) is 3.30. The van der Waals surface area contributed by atoms with Crippen LogP contribution < -0.4 is 5.32 Å². The highest BCUT2D eigenvalue weighted by Gasteiger charge is 2.31. The first-order chi connectivity index (χ1) is 9.45. The topological polar surface area (TPSA) is 69.7 Å². The van der Waals surface area contributed by atoms with Crippen LogP contribution in [0.15, 0.2) is 29.2 Å². The number of nitrogens with one attached hydrogen (secondary N) is 1. The predicted octanol–water partition coefficient (Wildman–Crippen LogP) is 0.581. The fraction of sp³-hybridized carbons (Fsp3) is 0.462. The van der Waals surface area contributed by atoms with Gasteiger partial charge in [0.2, 0.25) is 15.9 Å². The summed E-state index contributed by atoms with van der Waals surface area (Å²) in [6, 6.07) is 6.59. The summed E-state index contributed by atoms with van der Waals surface area (Å²) in [7, 11) is -1.91.